The van der Waals surface area contributed by atoms with Crippen LogP contribution in [0.15, 0.2) is 78.9 Å². The molecular weight excluding hydrogens is 354 g/mol. The Morgan fingerprint density at radius 1 is 0.828 bits per heavy atom. The fourth-order valence-electron chi connectivity index (χ4n) is 4.15. The molecule has 0 saturated carbocycles. The molecule has 142 valence electrons. The molecule has 4 aromatic rings. The normalized spacial score (nSPS) is 12.5. The number of hydrogen-bond acceptors (Lipinski definition) is 2. The summed E-state index contributed by atoms with van der Waals surface area (Å²) < 4.78 is 6.58. The zero-order valence-corrected chi connectivity index (χ0v) is 16.7. The molecule has 1 heterocycles. The largest absolute Gasteiger partial charge is 0.456 e. The van der Waals surface area contributed by atoms with E-state index in [1.54, 1.807) is 0 Å². The van der Waals surface area contributed by atoms with Crippen molar-refractivity contribution in [2.75, 3.05) is 11.9 Å². The number of fused-ring (bicyclic) bond motifs is 2. The summed E-state index contributed by atoms with van der Waals surface area (Å²) in [5, 5.41) is 5.92. The Labute approximate surface area is 171 Å². The summed E-state index contributed by atoms with van der Waals surface area (Å²) >= 11 is 0. The molecule has 0 aliphatic carbocycles. The molecule has 1 aliphatic rings. The van der Waals surface area contributed by atoms with Crippen molar-refractivity contribution >= 4 is 22.5 Å². The van der Waals surface area contributed by atoms with Crippen LogP contribution in [-0.4, -0.2) is 6.54 Å². The number of anilines is 1. The van der Waals surface area contributed by atoms with Crippen LogP contribution in [0.3, 0.4) is 0 Å². The number of benzene rings is 4. The van der Waals surface area contributed by atoms with Crippen molar-refractivity contribution in [2.24, 2.45) is 0 Å². The molecule has 4 aromatic carbocycles. The van der Waals surface area contributed by atoms with E-state index in [0.717, 1.165) is 40.2 Å². The second kappa shape index (κ2) is 7.14. The van der Waals surface area contributed by atoms with Crippen LogP contribution in [0.5, 0.6) is 11.5 Å². The fraction of sp³-hybridized carbons (Fsp3) is 0.111. The third-order valence-corrected chi connectivity index (χ3v) is 5.49. The van der Waals surface area contributed by atoms with Gasteiger partial charge in [-0.3, -0.25) is 0 Å². The predicted octanol–water partition coefficient (Wildman–Crippen LogP) is 7.35. The van der Waals surface area contributed by atoms with Gasteiger partial charge in [-0.25, -0.2) is 0 Å². The van der Waals surface area contributed by atoms with E-state index in [0.29, 0.717) is 0 Å². The van der Waals surface area contributed by atoms with Crippen LogP contribution >= 0.6 is 0 Å². The van der Waals surface area contributed by atoms with E-state index in [1.807, 2.05) is 0 Å². The lowest BCUT2D eigenvalue weighted by Crippen LogP contribution is -2.08. The van der Waals surface area contributed by atoms with Crippen LogP contribution in [0.2, 0.25) is 0 Å². The molecule has 0 bridgehead atoms. The average molecular weight is 377 g/mol. The third-order valence-electron chi connectivity index (χ3n) is 5.49. The van der Waals surface area contributed by atoms with Gasteiger partial charge >= 0.3 is 0 Å². The molecule has 0 saturated heterocycles. The number of rotatable bonds is 3. The van der Waals surface area contributed by atoms with Crippen molar-refractivity contribution in [1.29, 1.82) is 0 Å². The lowest BCUT2D eigenvalue weighted by molar-refractivity contribution is 0.483. The van der Waals surface area contributed by atoms with E-state index in [4.69, 9.17) is 4.74 Å². The summed E-state index contributed by atoms with van der Waals surface area (Å²) in [6.45, 7) is 5.02. The Morgan fingerprint density at radius 3 is 2.38 bits per heavy atom. The van der Waals surface area contributed by atoms with Gasteiger partial charge in [0.15, 0.2) is 0 Å². The molecule has 0 amide bonds. The Morgan fingerprint density at radius 2 is 1.59 bits per heavy atom. The highest BCUT2D eigenvalue weighted by Crippen LogP contribution is 2.47. The monoisotopic (exact) mass is 377 g/mol. The Balaban J connectivity index is 1.81. The summed E-state index contributed by atoms with van der Waals surface area (Å²) in [4.78, 5) is 0. The molecule has 29 heavy (non-hydrogen) atoms. The minimum atomic E-state index is 0.814. The Kier molecular flexibility index (Phi) is 4.33. The highest BCUT2D eigenvalue weighted by atomic mass is 16.5. The van der Waals surface area contributed by atoms with E-state index in [-0.39, 0.29) is 0 Å². The number of ether oxygens (including phenoxy) is 1. The SMILES string of the molecule is Cc1ccc(Oc2c3c(c(-c4ccccc4)c4ccccc24)NCC=C3)c(C)c1. The molecule has 0 fully saturated rings. The molecule has 2 nitrogen and oxygen atoms in total. The van der Waals surface area contributed by atoms with Crippen molar-refractivity contribution in [2.45, 2.75) is 13.8 Å². The summed E-state index contributed by atoms with van der Waals surface area (Å²) in [5.41, 5.74) is 7.06. The van der Waals surface area contributed by atoms with Crippen molar-refractivity contribution in [3.63, 3.8) is 0 Å². The third kappa shape index (κ3) is 3.07. The standard InChI is InChI=1S/C27H23NO/c1-18-14-15-24(19(2)17-18)29-27-22-12-7-6-11-21(22)25(20-9-4-3-5-10-20)26-23(27)13-8-16-28-26/h3-15,17,28H,16H2,1-2H3. The molecule has 2 heteroatoms. The first-order valence-corrected chi connectivity index (χ1v) is 10.0. The highest BCUT2D eigenvalue weighted by Gasteiger charge is 2.22. The number of nitrogens with one attached hydrogen (secondary N) is 1. The van der Waals surface area contributed by atoms with Crippen LogP contribution in [0, 0.1) is 13.8 Å². The van der Waals surface area contributed by atoms with Gasteiger partial charge in [0.25, 0.3) is 0 Å². The molecule has 1 N–H and O–H groups in total. The zero-order chi connectivity index (χ0) is 19.8. The van der Waals surface area contributed by atoms with Crippen molar-refractivity contribution in [3.05, 3.63) is 95.6 Å². The summed E-state index contributed by atoms with van der Waals surface area (Å²) in [6.07, 6.45) is 4.34. The lowest BCUT2D eigenvalue weighted by atomic mass is 9.91. The fourth-order valence-corrected chi connectivity index (χ4v) is 4.15. The molecular formula is C27H23NO. The van der Waals surface area contributed by atoms with Gasteiger partial charge in [-0.15, -0.1) is 0 Å². The lowest BCUT2D eigenvalue weighted by Gasteiger charge is -2.24. The molecule has 1 aliphatic heterocycles. The molecule has 0 spiro atoms. The van der Waals surface area contributed by atoms with Crippen molar-refractivity contribution < 1.29 is 4.74 Å². The van der Waals surface area contributed by atoms with Gasteiger partial charge in [-0.05, 0) is 36.4 Å². The second-order valence-electron chi connectivity index (χ2n) is 7.56. The topological polar surface area (TPSA) is 21.3 Å². The summed E-state index contributed by atoms with van der Waals surface area (Å²) in [5.74, 6) is 1.81. The summed E-state index contributed by atoms with van der Waals surface area (Å²) in [7, 11) is 0. The zero-order valence-electron chi connectivity index (χ0n) is 16.7. The maximum atomic E-state index is 6.58. The van der Waals surface area contributed by atoms with Gasteiger partial charge in [0.2, 0.25) is 0 Å². The van der Waals surface area contributed by atoms with Gasteiger partial charge in [-0.2, -0.15) is 0 Å². The predicted molar refractivity (Wildman–Crippen MR) is 123 cm³/mol. The number of aryl methyl sites for hydroxylation is 2. The maximum Gasteiger partial charge on any atom is 0.144 e. The first kappa shape index (κ1) is 17.6. The van der Waals surface area contributed by atoms with E-state index in [9.17, 15) is 0 Å². The quantitative estimate of drug-likeness (QED) is 0.403. The molecule has 0 aromatic heterocycles. The molecule has 5 rings (SSSR count). The molecule has 0 unspecified atom stereocenters. The van der Waals surface area contributed by atoms with Crippen molar-refractivity contribution in [1.82, 2.24) is 0 Å². The molecule has 0 radical (unpaired) electrons. The van der Waals surface area contributed by atoms with E-state index in [2.05, 4.69) is 104 Å². The van der Waals surface area contributed by atoms with Gasteiger partial charge in [0, 0.05) is 23.1 Å². The average Bonchev–Trinajstić information content (AvgIpc) is 2.76. The summed E-state index contributed by atoms with van der Waals surface area (Å²) in [6, 6.07) is 25.4. The van der Waals surface area contributed by atoms with Crippen molar-refractivity contribution in [3.8, 4) is 22.6 Å². The minimum absolute atomic E-state index is 0.814. The smallest absolute Gasteiger partial charge is 0.144 e. The van der Waals surface area contributed by atoms with Crippen LogP contribution in [0.25, 0.3) is 28.0 Å². The minimum Gasteiger partial charge on any atom is -0.456 e. The van der Waals surface area contributed by atoms with Crippen LogP contribution < -0.4 is 10.1 Å². The highest BCUT2D eigenvalue weighted by molar-refractivity contribution is 6.10. The second-order valence-corrected chi connectivity index (χ2v) is 7.56. The van der Waals surface area contributed by atoms with Gasteiger partial charge in [0.05, 0.1) is 5.69 Å². The number of hydrogen-bond donors (Lipinski definition) is 1. The van der Waals surface area contributed by atoms with E-state index >= 15 is 0 Å². The van der Waals surface area contributed by atoms with Crippen LogP contribution in [-0.2, 0) is 0 Å². The van der Waals surface area contributed by atoms with Gasteiger partial charge in [0.1, 0.15) is 11.5 Å². The van der Waals surface area contributed by atoms with E-state index in [1.165, 1.54) is 22.1 Å². The van der Waals surface area contributed by atoms with Crippen LogP contribution in [0.4, 0.5) is 5.69 Å². The van der Waals surface area contributed by atoms with Gasteiger partial charge in [-0.1, -0.05) is 84.4 Å². The Bertz CT molecular complexity index is 1240. The molecule has 0 atom stereocenters. The van der Waals surface area contributed by atoms with E-state index < -0.39 is 0 Å². The maximum absolute atomic E-state index is 6.58. The first-order chi connectivity index (χ1) is 14.2. The van der Waals surface area contributed by atoms with Gasteiger partial charge < -0.3 is 10.1 Å². The Hall–Kier alpha value is -3.52. The van der Waals surface area contributed by atoms with Crippen LogP contribution in [0.1, 0.15) is 16.7 Å². The first-order valence-electron chi connectivity index (χ1n) is 10.0.